The number of likely N-dealkylation sites (N-methyl/N-ethyl adjacent to an activating group) is 1. The molecule has 94 valence electrons. The normalized spacial score (nSPS) is 12.2. The van der Waals surface area contributed by atoms with Gasteiger partial charge in [-0.15, -0.1) is 0 Å². The van der Waals surface area contributed by atoms with Crippen molar-refractivity contribution >= 4 is 11.8 Å². The number of hydrogen-bond donors (Lipinski definition) is 2. The lowest BCUT2D eigenvalue weighted by Gasteiger charge is -2.24. The molecule has 0 bridgehead atoms. The highest BCUT2D eigenvalue weighted by molar-refractivity contribution is 5.77. The third kappa shape index (κ3) is 3.05. The second-order valence-corrected chi connectivity index (χ2v) is 3.78. The molecule has 1 heterocycles. The van der Waals surface area contributed by atoms with Crippen molar-refractivity contribution in [3.8, 4) is 0 Å². The van der Waals surface area contributed by atoms with Crippen molar-refractivity contribution in [2.45, 2.75) is 32.7 Å². The zero-order chi connectivity index (χ0) is 13.0. The van der Waals surface area contributed by atoms with E-state index >= 15 is 0 Å². The monoisotopic (exact) mass is 239 g/mol. The van der Waals surface area contributed by atoms with Gasteiger partial charge >= 0.3 is 5.97 Å². The summed E-state index contributed by atoms with van der Waals surface area (Å²) in [6, 6.07) is 0.638. The number of hydrogen-bond acceptors (Lipinski definition) is 4. The molecule has 1 atom stereocenters. The van der Waals surface area contributed by atoms with Crippen molar-refractivity contribution in [1.82, 2.24) is 9.97 Å². The van der Waals surface area contributed by atoms with Crippen LogP contribution in [0.25, 0.3) is 0 Å². The number of rotatable bonds is 5. The summed E-state index contributed by atoms with van der Waals surface area (Å²) in [4.78, 5) is 30.7. The summed E-state index contributed by atoms with van der Waals surface area (Å²) in [6.45, 7) is 3.65. The van der Waals surface area contributed by atoms with Crippen LogP contribution in [0.4, 0.5) is 5.82 Å². The maximum absolute atomic E-state index is 11.4. The van der Waals surface area contributed by atoms with Gasteiger partial charge in [-0.2, -0.15) is 0 Å². The van der Waals surface area contributed by atoms with Crippen molar-refractivity contribution < 1.29 is 9.90 Å². The zero-order valence-electron chi connectivity index (χ0n) is 10.2. The minimum absolute atomic E-state index is 0.265. The van der Waals surface area contributed by atoms with Gasteiger partial charge < -0.3 is 15.0 Å². The van der Waals surface area contributed by atoms with Crippen molar-refractivity contribution in [3.63, 3.8) is 0 Å². The van der Waals surface area contributed by atoms with E-state index in [1.54, 1.807) is 14.0 Å². The molecule has 0 saturated carbocycles. The molecule has 2 N–H and O–H groups in total. The molecule has 0 aliphatic rings. The lowest BCUT2D eigenvalue weighted by Crippen LogP contribution is -2.39. The predicted octanol–water partition coefficient (Wildman–Crippen LogP) is 0.632. The van der Waals surface area contributed by atoms with Crippen LogP contribution in [-0.4, -0.2) is 34.1 Å². The van der Waals surface area contributed by atoms with E-state index < -0.39 is 12.0 Å². The Hall–Kier alpha value is -1.85. The van der Waals surface area contributed by atoms with E-state index in [2.05, 4.69) is 9.97 Å². The van der Waals surface area contributed by atoms with Crippen LogP contribution < -0.4 is 10.5 Å². The highest BCUT2D eigenvalue weighted by atomic mass is 16.4. The Morgan fingerprint density at radius 2 is 2.24 bits per heavy atom. The van der Waals surface area contributed by atoms with Crippen molar-refractivity contribution in [3.05, 3.63) is 22.2 Å². The predicted molar refractivity (Wildman–Crippen MR) is 64.4 cm³/mol. The number of anilines is 1. The molecule has 0 saturated heterocycles. The quantitative estimate of drug-likeness (QED) is 0.787. The Labute approximate surface area is 99.3 Å². The first-order valence-corrected chi connectivity index (χ1v) is 5.55. The number of carboxylic acid groups (broad SMARTS) is 1. The van der Waals surface area contributed by atoms with Crippen LogP contribution in [0.3, 0.4) is 0 Å². The highest BCUT2D eigenvalue weighted by Gasteiger charge is 2.22. The summed E-state index contributed by atoms with van der Waals surface area (Å²) in [7, 11) is 1.63. The van der Waals surface area contributed by atoms with Gasteiger partial charge in [0.1, 0.15) is 17.7 Å². The van der Waals surface area contributed by atoms with E-state index in [1.165, 1.54) is 11.0 Å². The van der Waals surface area contributed by atoms with E-state index in [0.29, 0.717) is 24.5 Å². The summed E-state index contributed by atoms with van der Waals surface area (Å²) in [5.74, 6) is 0.0228. The van der Waals surface area contributed by atoms with Gasteiger partial charge in [0.2, 0.25) is 0 Å². The molecule has 0 fully saturated rings. The number of aromatic amines is 1. The Kier molecular flexibility index (Phi) is 4.25. The molecule has 1 unspecified atom stereocenters. The number of aliphatic carboxylic acids is 1. The van der Waals surface area contributed by atoms with Crippen molar-refractivity contribution in [2.75, 3.05) is 11.9 Å². The van der Waals surface area contributed by atoms with Gasteiger partial charge in [-0.1, -0.05) is 13.8 Å². The van der Waals surface area contributed by atoms with Crippen LogP contribution >= 0.6 is 0 Å². The number of carbonyl (C=O) groups is 1. The van der Waals surface area contributed by atoms with Crippen LogP contribution in [0.1, 0.15) is 26.1 Å². The molecule has 0 aliphatic heterocycles. The second-order valence-electron chi connectivity index (χ2n) is 3.78. The minimum atomic E-state index is -0.921. The molecule has 6 heteroatoms. The zero-order valence-corrected chi connectivity index (χ0v) is 10.2. The van der Waals surface area contributed by atoms with E-state index in [9.17, 15) is 9.59 Å². The van der Waals surface area contributed by atoms with Crippen LogP contribution in [0, 0.1) is 0 Å². The summed E-state index contributed by atoms with van der Waals surface area (Å²) in [5, 5.41) is 9.05. The number of nitrogens with one attached hydrogen (secondary N) is 1. The van der Waals surface area contributed by atoms with Gasteiger partial charge in [-0.3, -0.25) is 4.79 Å². The first-order valence-electron chi connectivity index (χ1n) is 5.55. The number of carboxylic acids is 1. The Morgan fingerprint density at radius 3 is 2.71 bits per heavy atom. The van der Waals surface area contributed by atoms with Gasteiger partial charge in [0.05, 0.1) is 0 Å². The van der Waals surface area contributed by atoms with Gasteiger partial charge in [0, 0.05) is 19.5 Å². The highest BCUT2D eigenvalue weighted by Crippen LogP contribution is 2.12. The molecule has 0 aliphatic carbocycles. The molecule has 0 amide bonds. The topological polar surface area (TPSA) is 86.3 Å². The maximum atomic E-state index is 11.4. The van der Waals surface area contributed by atoms with Gasteiger partial charge in [-0.05, 0) is 6.42 Å². The molecule has 0 spiro atoms. The molecular weight excluding hydrogens is 222 g/mol. The van der Waals surface area contributed by atoms with Crippen LogP contribution in [0.15, 0.2) is 10.9 Å². The van der Waals surface area contributed by atoms with E-state index in [0.717, 1.165) is 0 Å². The average Bonchev–Trinajstić information content (AvgIpc) is 2.28. The SMILES string of the molecule is CCc1nc(N(C)C(CC)C(=O)O)cc(=O)[nH]1. The molecule has 0 radical (unpaired) electrons. The van der Waals surface area contributed by atoms with Crippen LogP contribution in [0.5, 0.6) is 0 Å². The molecule has 17 heavy (non-hydrogen) atoms. The van der Waals surface area contributed by atoms with E-state index in [-0.39, 0.29) is 5.56 Å². The van der Waals surface area contributed by atoms with Crippen LogP contribution in [0.2, 0.25) is 0 Å². The Balaban J connectivity index is 3.10. The average molecular weight is 239 g/mol. The first kappa shape index (κ1) is 13.2. The van der Waals surface area contributed by atoms with Gasteiger partial charge in [0.25, 0.3) is 5.56 Å². The van der Waals surface area contributed by atoms with Gasteiger partial charge in [-0.25, -0.2) is 9.78 Å². The number of H-pyrrole nitrogens is 1. The number of aryl methyl sites for hydroxylation is 1. The van der Waals surface area contributed by atoms with Crippen molar-refractivity contribution in [1.29, 1.82) is 0 Å². The molecule has 1 aromatic rings. The first-order chi connectivity index (χ1) is 7.99. The third-order valence-electron chi connectivity index (χ3n) is 2.61. The number of nitrogens with zero attached hydrogens (tertiary/aromatic N) is 2. The molecule has 0 aromatic carbocycles. The van der Waals surface area contributed by atoms with Crippen LogP contribution in [-0.2, 0) is 11.2 Å². The standard InChI is InChI=1S/C11H17N3O3/c1-4-7(11(16)17)14(3)9-6-10(15)13-8(5-2)12-9/h6-7H,4-5H2,1-3H3,(H,16,17)(H,12,13,15). The summed E-state index contributed by atoms with van der Waals surface area (Å²) in [5.41, 5.74) is -0.265. The Bertz CT molecular complexity index is 456. The van der Waals surface area contributed by atoms with E-state index in [1.807, 2.05) is 6.92 Å². The number of aromatic nitrogens is 2. The maximum Gasteiger partial charge on any atom is 0.326 e. The fraction of sp³-hybridized carbons (Fsp3) is 0.545. The molecule has 1 aromatic heterocycles. The van der Waals surface area contributed by atoms with Gasteiger partial charge in [0.15, 0.2) is 0 Å². The minimum Gasteiger partial charge on any atom is -0.480 e. The van der Waals surface area contributed by atoms with Crippen molar-refractivity contribution in [2.24, 2.45) is 0 Å². The third-order valence-corrected chi connectivity index (χ3v) is 2.61. The molecule has 6 nitrogen and oxygen atoms in total. The fourth-order valence-corrected chi connectivity index (χ4v) is 1.62. The smallest absolute Gasteiger partial charge is 0.326 e. The summed E-state index contributed by atoms with van der Waals surface area (Å²) < 4.78 is 0. The largest absolute Gasteiger partial charge is 0.480 e. The lowest BCUT2D eigenvalue weighted by molar-refractivity contribution is -0.138. The Morgan fingerprint density at radius 1 is 1.59 bits per heavy atom. The summed E-state index contributed by atoms with van der Waals surface area (Å²) in [6.07, 6.45) is 1.04. The summed E-state index contributed by atoms with van der Waals surface area (Å²) >= 11 is 0. The fourth-order valence-electron chi connectivity index (χ4n) is 1.62. The molecular formula is C11H17N3O3. The second kappa shape index (κ2) is 5.47. The lowest BCUT2D eigenvalue weighted by atomic mass is 10.2. The molecule has 1 rings (SSSR count). The van der Waals surface area contributed by atoms with E-state index in [4.69, 9.17) is 5.11 Å².